The maximum absolute atomic E-state index is 12.3. The molecule has 0 saturated carbocycles. The van der Waals surface area contributed by atoms with E-state index in [0.29, 0.717) is 22.9 Å². The fourth-order valence-corrected chi connectivity index (χ4v) is 2.08. The molecule has 0 fully saturated rings. The third-order valence-corrected chi connectivity index (χ3v) is 2.98. The summed E-state index contributed by atoms with van der Waals surface area (Å²) in [4.78, 5) is 0. The molecule has 1 aliphatic rings. The Morgan fingerprint density at radius 2 is 1.35 bits per heavy atom. The summed E-state index contributed by atoms with van der Waals surface area (Å²) in [5.41, 5.74) is 3.44. The molecular weight excluding hydrogens is 214 g/mol. The summed E-state index contributed by atoms with van der Waals surface area (Å²) in [7, 11) is 0. The molecule has 1 heterocycles. The van der Waals surface area contributed by atoms with Crippen LogP contribution in [-0.4, -0.2) is 0 Å². The minimum absolute atomic E-state index is 0.0497. The molecule has 3 rings (SSSR count). The van der Waals surface area contributed by atoms with Crippen molar-refractivity contribution in [3.8, 4) is 11.5 Å². The highest BCUT2D eigenvalue weighted by Gasteiger charge is 2.24. The molecule has 1 N–H and O–H groups in total. The maximum atomic E-state index is 12.3. The highest BCUT2D eigenvalue weighted by molar-refractivity contribution is 5.61. The van der Waals surface area contributed by atoms with Crippen molar-refractivity contribution < 1.29 is 9.80 Å². The molecule has 0 unspecified atom stereocenters. The zero-order chi connectivity index (χ0) is 12.0. The van der Waals surface area contributed by atoms with Crippen molar-refractivity contribution in [2.24, 2.45) is 0 Å². The topological polar surface area (TPSA) is 36.7 Å². The Hall–Kier alpha value is -1.84. The van der Waals surface area contributed by atoms with Gasteiger partial charge in [-0.2, -0.15) is 0 Å². The minimum Gasteiger partial charge on any atom is -0.623 e. The van der Waals surface area contributed by atoms with Crippen molar-refractivity contribution in [3.63, 3.8) is 0 Å². The van der Waals surface area contributed by atoms with Gasteiger partial charge in [0.2, 0.25) is 0 Å². The molecule has 0 bridgehead atoms. The molecule has 0 atom stereocenters. The van der Waals surface area contributed by atoms with Gasteiger partial charge in [0.1, 0.15) is 0 Å². The largest absolute Gasteiger partial charge is 0.623 e. The van der Waals surface area contributed by atoms with E-state index in [9.17, 15) is 5.21 Å². The standard InChI is InChI=1S/C14H13NO2/c1-9-3-5-13-11(7-9)15(16)12-8-10(2)4-6-14(12)17-13/h3-8,15H,1-2H3. The Labute approximate surface area is 99.8 Å². The van der Waals surface area contributed by atoms with Crippen molar-refractivity contribution >= 4 is 11.4 Å². The summed E-state index contributed by atoms with van der Waals surface area (Å²) in [6.07, 6.45) is 0. The van der Waals surface area contributed by atoms with Gasteiger partial charge in [0, 0.05) is 12.1 Å². The van der Waals surface area contributed by atoms with Crippen LogP contribution in [0.4, 0.5) is 11.4 Å². The molecule has 2 aromatic carbocycles. The van der Waals surface area contributed by atoms with E-state index in [1.807, 2.05) is 50.2 Å². The first-order chi connectivity index (χ1) is 8.15. The molecule has 0 amide bonds. The highest BCUT2D eigenvalue weighted by atomic mass is 16.5. The summed E-state index contributed by atoms with van der Waals surface area (Å²) in [5, 5.41) is 12.4. The van der Waals surface area contributed by atoms with E-state index < -0.39 is 0 Å². The Balaban J connectivity index is 2.18. The summed E-state index contributed by atoms with van der Waals surface area (Å²) < 4.78 is 5.74. The van der Waals surface area contributed by atoms with Crippen molar-refractivity contribution in [3.05, 3.63) is 52.7 Å². The number of rotatable bonds is 0. The predicted molar refractivity (Wildman–Crippen MR) is 66.1 cm³/mol. The summed E-state index contributed by atoms with van der Waals surface area (Å²) >= 11 is 0. The molecule has 3 nitrogen and oxygen atoms in total. The summed E-state index contributed by atoms with van der Waals surface area (Å²) in [5.74, 6) is 1.30. The molecule has 2 aromatic rings. The van der Waals surface area contributed by atoms with Crippen molar-refractivity contribution in [1.82, 2.24) is 0 Å². The van der Waals surface area contributed by atoms with Crippen LogP contribution in [0.5, 0.6) is 11.5 Å². The number of nitrogens with one attached hydrogen (secondary N) is 1. The first-order valence-electron chi connectivity index (χ1n) is 5.59. The number of hydrogen-bond donors (Lipinski definition) is 1. The normalized spacial score (nSPS) is 13.8. The van der Waals surface area contributed by atoms with Crippen LogP contribution >= 0.6 is 0 Å². The van der Waals surface area contributed by atoms with E-state index in [-0.39, 0.29) is 5.06 Å². The van der Waals surface area contributed by atoms with E-state index in [4.69, 9.17) is 4.74 Å². The molecule has 1 aliphatic heterocycles. The van der Waals surface area contributed by atoms with Gasteiger partial charge < -0.3 is 15.0 Å². The van der Waals surface area contributed by atoms with Gasteiger partial charge in [0.25, 0.3) is 0 Å². The number of quaternary nitrogens is 1. The number of benzene rings is 2. The zero-order valence-electron chi connectivity index (χ0n) is 9.78. The van der Waals surface area contributed by atoms with E-state index in [2.05, 4.69) is 0 Å². The van der Waals surface area contributed by atoms with Gasteiger partial charge >= 0.3 is 0 Å². The molecule has 0 radical (unpaired) electrons. The van der Waals surface area contributed by atoms with Gasteiger partial charge in [-0.1, -0.05) is 12.1 Å². The van der Waals surface area contributed by atoms with Crippen molar-refractivity contribution in [1.29, 1.82) is 0 Å². The second-order valence-electron chi connectivity index (χ2n) is 4.43. The molecule has 86 valence electrons. The first kappa shape index (κ1) is 10.3. The number of ether oxygens (including phenoxy) is 1. The third kappa shape index (κ3) is 1.60. The van der Waals surface area contributed by atoms with Gasteiger partial charge in [-0.25, -0.2) is 0 Å². The lowest BCUT2D eigenvalue weighted by atomic mass is 10.1. The molecular formula is C14H13NO2. The molecule has 0 spiro atoms. The average molecular weight is 227 g/mol. The second-order valence-corrected chi connectivity index (χ2v) is 4.43. The molecule has 0 saturated heterocycles. The Morgan fingerprint density at radius 1 is 0.882 bits per heavy atom. The zero-order valence-corrected chi connectivity index (χ0v) is 9.78. The van der Waals surface area contributed by atoms with E-state index in [1.165, 1.54) is 0 Å². The van der Waals surface area contributed by atoms with Gasteiger partial charge in [0.05, 0.1) is 0 Å². The van der Waals surface area contributed by atoms with Crippen LogP contribution in [0, 0.1) is 19.1 Å². The lowest BCUT2D eigenvalue weighted by Gasteiger charge is -2.29. The quantitative estimate of drug-likeness (QED) is 0.702. The maximum Gasteiger partial charge on any atom is 0.189 e. The lowest BCUT2D eigenvalue weighted by Crippen LogP contribution is -2.97. The molecule has 0 aromatic heterocycles. The Morgan fingerprint density at radius 3 is 1.82 bits per heavy atom. The van der Waals surface area contributed by atoms with Gasteiger partial charge in [-0.3, -0.25) is 0 Å². The van der Waals surface area contributed by atoms with Crippen LogP contribution in [0.3, 0.4) is 0 Å². The predicted octanol–water partition coefficient (Wildman–Crippen LogP) is 2.76. The van der Waals surface area contributed by atoms with Crippen LogP contribution in [0.2, 0.25) is 0 Å². The minimum atomic E-state index is 0.0497. The summed E-state index contributed by atoms with van der Waals surface area (Å²) in [6.45, 7) is 3.94. The lowest BCUT2D eigenvalue weighted by molar-refractivity contribution is -0.701. The van der Waals surface area contributed by atoms with Crippen LogP contribution in [0.15, 0.2) is 36.4 Å². The summed E-state index contributed by atoms with van der Waals surface area (Å²) in [6, 6.07) is 11.4. The number of fused-ring (bicyclic) bond motifs is 2. The number of hydrogen-bond acceptors (Lipinski definition) is 2. The van der Waals surface area contributed by atoms with Crippen LogP contribution in [0.1, 0.15) is 11.1 Å². The second kappa shape index (κ2) is 3.58. The van der Waals surface area contributed by atoms with Crippen LogP contribution in [-0.2, 0) is 0 Å². The van der Waals surface area contributed by atoms with E-state index in [0.717, 1.165) is 11.1 Å². The molecule has 17 heavy (non-hydrogen) atoms. The van der Waals surface area contributed by atoms with E-state index >= 15 is 0 Å². The fraction of sp³-hybridized carbons (Fsp3) is 0.143. The average Bonchev–Trinajstić information content (AvgIpc) is 2.32. The van der Waals surface area contributed by atoms with Crippen LogP contribution in [0.25, 0.3) is 0 Å². The molecule has 0 aliphatic carbocycles. The Kier molecular flexibility index (Phi) is 2.18. The van der Waals surface area contributed by atoms with Gasteiger partial charge in [-0.05, 0) is 37.1 Å². The van der Waals surface area contributed by atoms with Crippen molar-refractivity contribution in [2.45, 2.75) is 13.8 Å². The Bertz CT molecular complexity index is 541. The number of aryl methyl sites for hydroxylation is 2. The van der Waals surface area contributed by atoms with Crippen molar-refractivity contribution in [2.75, 3.05) is 0 Å². The monoisotopic (exact) mass is 227 g/mol. The van der Waals surface area contributed by atoms with E-state index in [1.54, 1.807) is 0 Å². The highest BCUT2D eigenvalue weighted by Crippen LogP contribution is 2.37. The van der Waals surface area contributed by atoms with Crippen LogP contribution < -0.4 is 9.80 Å². The van der Waals surface area contributed by atoms with Gasteiger partial charge in [-0.15, -0.1) is 0 Å². The smallest absolute Gasteiger partial charge is 0.189 e. The third-order valence-electron chi connectivity index (χ3n) is 2.98. The molecule has 3 heteroatoms. The SMILES string of the molecule is Cc1ccc2c(c1)[NH+]([O-])c1cc(C)ccc1O2. The first-order valence-corrected chi connectivity index (χ1v) is 5.59. The van der Waals surface area contributed by atoms with Gasteiger partial charge in [0.15, 0.2) is 22.9 Å². The fourth-order valence-electron chi connectivity index (χ4n) is 2.08.